The molecule has 31 heavy (non-hydrogen) atoms. The first kappa shape index (κ1) is 21.1. The number of likely N-dealkylation sites (tertiary alicyclic amines) is 1. The normalized spacial score (nSPS) is 17.2. The Kier molecular flexibility index (Phi) is 5.60. The van der Waals surface area contributed by atoms with Crippen molar-refractivity contribution in [2.75, 3.05) is 13.7 Å². The lowest BCUT2D eigenvalue weighted by molar-refractivity contribution is -0.142. The monoisotopic (exact) mass is 432 g/mol. The molecule has 0 aliphatic carbocycles. The van der Waals surface area contributed by atoms with Crippen LogP contribution in [0, 0.1) is 0 Å². The number of amides is 1. The third-order valence-electron chi connectivity index (χ3n) is 5.72. The summed E-state index contributed by atoms with van der Waals surface area (Å²) in [5, 5.41) is 3.88. The van der Waals surface area contributed by atoms with E-state index in [2.05, 4.69) is 10.1 Å². The number of piperidine rings is 1. The van der Waals surface area contributed by atoms with Crippen LogP contribution in [0.25, 0.3) is 16.9 Å². The van der Waals surface area contributed by atoms with E-state index in [0.717, 1.165) is 31.7 Å². The van der Waals surface area contributed by atoms with Crippen LogP contribution in [0.2, 0.25) is 0 Å². The lowest BCUT2D eigenvalue weighted by Gasteiger charge is -2.35. The van der Waals surface area contributed by atoms with Crippen LogP contribution >= 0.6 is 0 Å². The number of methoxy groups -OCH3 is 1. The van der Waals surface area contributed by atoms with Gasteiger partial charge in [-0.25, -0.2) is 9.50 Å². The molecule has 1 atom stereocenters. The molecule has 3 aromatic rings. The SMILES string of the molecule is CC[C@@H]1CCCCN1C(=O)c1cnn2c(C(F)(F)F)cc(-c3cccc(OC)c3)nc12. The van der Waals surface area contributed by atoms with Gasteiger partial charge in [0.05, 0.1) is 19.0 Å². The van der Waals surface area contributed by atoms with Gasteiger partial charge in [0.2, 0.25) is 0 Å². The van der Waals surface area contributed by atoms with E-state index in [9.17, 15) is 18.0 Å². The van der Waals surface area contributed by atoms with Gasteiger partial charge in [0.25, 0.3) is 5.91 Å². The van der Waals surface area contributed by atoms with E-state index in [1.165, 1.54) is 13.3 Å². The minimum absolute atomic E-state index is 0.0693. The van der Waals surface area contributed by atoms with Gasteiger partial charge in [-0.05, 0) is 43.9 Å². The number of fused-ring (bicyclic) bond motifs is 1. The van der Waals surface area contributed by atoms with Crippen molar-refractivity contribution in [3.63, 3.8) is 0 Å². The molecule has 3 heterocycles. The summed E-state index contributed by atoms with van der Waals surface area (Å²) >= 11 is 0. The Morgan fingerprint density at radius 2 is 2.06 bits per heavy atom. The molecule has 0 radical (unpaired) electrons. The number of hydrogen-bond donors (Lipinski definition) is 0. The number of halogens is 3. The summed E-state index contributed by atoms with van der Waals surface area (Å²) in [6, 6.07) is 7.64. The van der Waals surface area contributed by atoms with Gasteiger partial charge in [-0.1, -0.05) is 19.1 Å². The molecule has 2 aromatic heterocycles. The van der Waals surface area contributed by atoms with Crippen molar-refractivity contribution in [2.45, 2.75) is 44.8 Å². The van der Waals surface area contributed by atoms with Crippen LogP contribution in [0.5, 0.6) is 5.75 Å². The van der Waals surface area contributed by atoms with E-state index in [-0.39, 0.29) is 28.9 Å². The molecule has 1 saturated heterocycles. The molecule has 0 unspecified atom stereocenters. The number of aromatic nitrogens is 3. The summed E-state index contributed by atoms with van der Waals surface area (Å²) in [7, 11) is 1.48. The smallest absolute Gasteiger partial charge is 0.433 e. The van der Waals surface area contributed by atoms with Crippen molar-refractivity contribution in [3.8, 4) is 17.0 Å². The second kappa shape index (κ2) is 8.20. The molecule has 1 fully saturated rings. The Hall–Kier alpha value is -3.10. The second-order valence-electron chi connectivity index (χ2n) is 7.61. The zero-order chi connectivity index (χ0) is 22.2. The van der Waals surface area contributed by atoms with Crippen molar-refractivity contribution in [1.29, 1.82) is 0 Å². The predicted molar refractivity (Wildman–Crippen MR) is 109 cm³/mol. The van der Waals surface area contributed by atoms with Crippen molar-refractivity contribution in [3.05, 3.63) is 47.8 Å². The maximum atomic E-state index is 13.8. The minimum Gasteiger partial charge on any atom is -0.497 e. The van der Waals surface area contributed by atoms with Crippen LogP contribution in [0.4, 0.5) is 13.2 Å². The van der Waals surface area contributed by atoms with Crippen molar-refractivity contribution < 1.29 is 22.7 Å². The van der Waals surface area contributed by atoms with Crippen LogP contribution in [0.3, 0.4) is 0 Å². The zero-order valence-electron chi connectivity index (χ0n) is 17.3. The van der Waals surface area contributed by atoms with Gasteiger partial charge in [-0.15, -0.1) is 0 Å². The summed E-state index contributed by atoms with van der Waals surface area (Å²) in [5.41, 5.74) is -0.455. The first-order valence-corrected chi connectivity index (χ1v) is 10.2. The van der Waals surface area contributed by atoms with Gasteiger partial charge < -0.3 is 9.64 Å². The van der Waals surface area contributed by atoms with Gasteiger partial charge in [-0.2, -0.15) is 18.3 Å². The van der Waals surface area contributed by atoms with Crippen LogP contribution in [0.15, 0.2) is 36.5 Å². The molecule has 0 saturated carbocycles. The quantitative estimate of drug-likeness (QED) is 0.593. The van der Waals surface area contributed by atoms with E-state index >= 15 is 0 Å². The summed E-state index contributed by atoms with van der Waals surface area (Å²) in [6.07, 6.45) is 0.110. The Bertz CT molecular complexity index is 1110. The van der Waals surface area contributed by atoms with Crippen LogP contribution in [-0.2, 0) is 6.18 Å². The number of nitrogens with zero attached hydrogens (tertiary/aromatic N) is 4. The lowest BCUT2D eigenvalue weighted by Crippen LogP contribution is -2.43. The molecule has 1 amide bonds. The molecule has 4 rings (SSSR count). The second-order valence-corrected chi connectivity index (χ2v) is 7.61. The third kappa shape index (κ3) is 3.96. The molecule has 0 spiro atoms. The number of rotatable bonds is 4. The summed E-state index contributed by atoms with van der Waals surface area (Å²) in [6.45, 7) is 2.59. The van der Waals surface area contributed by atoms with Crippen molar-refractivity contribution >= 4 is 11.6 Å². The summed E-state index contributed by atoms with van der Waals surface area (Å²) < 4.78 is 47.4. The number of carbonyl (C=O) groups is 1. The molecular formula is C22H23F3N4O2. The molecular weight excluding hydrogens is 409 g/mol. The first-order chi connectivity index (χ1) is 14.8. The highest BCUT2D eigenvalue weighted by Gasteiger charge is 2.37. The standard InChI is InChI=1S/C22H23F3N4O2/c1-3-15-8-4-5-10-28(15)21(30)17-13-26-29-19(22(23,24)25)12-18(27-20(17)29)14-7-6-9-16(11-14)31-2/h6-7,9,11-13,15H,3-5,8,10H2,1-2H3/t15-/m1/s1. The average molecular weight is 432 g/mol. The van der Waals surface area contributed by atoms with Gasteiger partial charge >= 0.3 is 6.18 Å². The largest absolute Gasteiger partial charge is 0.497 e. The molecule has 1 aliphatic rings. The highest BCUT2D eigenvalue weighted by molar-refractivity contribution is 6.00. The molecule has 1 aromatic carbocycles. The van der Waals surface area contributed by atoms with E-state index in [1.807, 2.05) is 6.92 Å². The van der Waals surface area contributed by atoms with Gasteiger partial charge in [0.1, 0.15) is 11.3 Å². The van der Waals surface area contributed by atoms with E-state index < -0.39 is 11.9 Å². The fourth-order valence-electron chi connectivity index (χ4n) is 4.09. The van der Waals surface area contributed by atoms with E-state index in [0.29, 0.717) is 22.4 Å². The fourth-order valence-corrected chi connectivity index (χ4v) is 4.09. The van der Waals surface area contributed by atoms with E-state index in [4.69, 9.17) is 4.74 Å². The molecule has 0 bridgehead atoms. The molecule has 0 N–H and O–H groups in total. The van der Waals surface area contributed by atoms with Crippen LogP contribution in [0.1, 0.15) is 48.7 Å². The average Bonchev–Trinajstić information content (AvgIpc) is 3.21. The Morgan fingerprint density at radius 3 is 2.77 bits per heavy atom. The van der Waals surface area contributed by atoms with Crippen molar-refractivity contribution in [1.82, 2.24) is 19.5 Å². The van der Waals surface area contributed by atoms with Crippen LogP contribution < -0.4 is 4.74 Å². The highest BCUT2D eigenvalue weighted by Crippen LogP contribution is 2.34. The number of benzene rings is 1. The van der Waals surface area contributed by atoms with Gasteiger partial charge in [0, 0.05) is 18.2 Å². The molecule has 6 nitrogen and oxygen atoms in total. The number of ether oxygens (including phenoxy) is 1. The Morgan fingerprint density at radius 1 is 1.26 bits per heavy atom. The molecule has 164 valence electrons. The highest BCUT2D eigenvalue weighted by atomic mass is 19.4. The zero-order valence-corrected chi connectivity index (χ0v) is 17.3. The maximum absolute atomic E-state index is 13.8. The van der Waals surface area contributed by atoms with Crippen LogP contribution in [-0.4, -0.2) is 45.1 Å². The summed E-state index contributed by atoms with van der Waals surface area (Å²) in [4.78, 5) is 19.4. The van der Waals surface area contributed by atoms with Gasteiger partial charge in [-0.3, -0.25) is 4.79 Å². The summed E-state index contributed by atoms with van der Waals surface area (Å²) in [5.74, 6) is 0.168. The van der Waals surface area contributed by atoms with E-state index in [1.54, 1.807) is 29.2 Å². The van der Waals surface area contributed by atoms with Gasteiger partial charge in [0.15, 0.2) is 11.3 Å². The lowest BCUT2D eigenvalue weighted by atomic mass is 9.99. The number of alkyl halides is 3. The maximum Gasteiger partial charge on any atom is 0.433 e. The predicted octanol–water partition coefficient (Wildman–Crippen LogP) is 4.83. The van der Waals surface area contributed by atoms with Crippen molar-refractivity contribution in [2.24, 2.45) is 0 Å². The number of hydrogen-bond acceptors (Lipinski definition) is 4. The third-order valence-corrected chi connectivity index (χ3v) is 5.72. The number of carbonyl (C=O) groups excluding carboxylic acids is 1. The Balaban J connectivity index is 1.87. The fraction of sp³-hybridized carbons (Fsp3) is 0.409. The molecule has 1 aliphatic heterocycles. The minimum atomic E-state index is -4.67. The molecule has 9 heteroatoms. The Labute approximate surface area is 177 Å². The topological polar surface area (TPSA) is 59.7 Å². The first-order valence-electron chi connectivity index (χ1n) is 10.2.